The van der Waals surface area contributed by atoms with Gasteiger partial charge in [-0.25, -0.2) is 0 Å². The van der Waals surface area contributed by atoms with Gasteiger partial charge >= 0.3 is 0 Å². The van der Waals surface area contributed by atoms with Crippen LogP contribution >= 0.6 is 23.5 Å². The van der Waals surface area contributed by atoms with E-state index in [9.17, 15) is 4.79 Å². The number of thioether (sulfide) groups is 2. The van der Waals surface area contributed by atoms with Crippen molar-refractivity contribution in [1.82, 2.24) is 0 Å². The molecule has 1 nitrogen and oxygen atoms in total. The lowest BCUT2D eigenvalue weighted by atomic mass is 9.85. The lowest BCUT2D eigenvalue weighted by Gasteiger charge is -2.39. The third-order valence-corrected chi connectivity index (χ3v) is 6.37. The molecule has 3 heteroatoms. The molecule has 0 amide bonds. The first-order chi connectivity index (χ1) is 5.31. The van der Waals surface area contributed by atoms with Gasteiger partial charge < -0.3 is 0 Å². The molecule has 0 fully saturated rings. The molecule has 0 aliphatic carbocycles. The van der Waals surface area contributed by atoms with Crippen LogP contribution in [-0.2, 0) is 4.79 Å². The maximum atomic E-state index is 11.4. The normalized spacial score (nSPS) is 13.2. The Bertz CT molecular complexity index is 171. The van der Waals surface area contributed by atoms with E-state index in [0.717, 1.165) is 0 Å². The second-order valence-electron chi connectivity index (χ2n) is 3.54. The predicted molar refractivity (Wildman–Crippen MR) is 59.9 cm³/mol. The number of carbonyl (C=O) groups excluding carboxylic acids is 1. The van der Waals surface area contributed by atoms with Crippen molar-refractivity contribution < 1.29 is 4.79 Å². The minimum absolute atomic E-state index is 0.0150. The second-order valence-corrected chi connectivity index (χ2v) is 6.24. The standard InChI is InChI=1S/C9H18OS2/c1-7(10)8(2,3)9(4,11-5)12-6/h1-6H3. The zero-order valence-electron chi connectivity index (χ0n) is 8.72. The Labute approximate surface area is 84.1 Å². The maximum Gasteiger partial charge on any atom is 0.137 e. The van der Waals surface area contributed by atoms with E-state index >= 15 is 0 Å². The van der Waals surface area contributed by atoms with Gasteiger partial charge in [0.15, 0.2) is 0 Å². The van der Waals surface area contributed by atoms with Gasteiger partial charge in [-0.1, -0.05) is 13.8 Å². The van der Waals surface area contributed by atoms with Gasteiger partial charge in [-0.05, 0) is 26.4 Å². The van der Waals surface area contributed by atoms with Crippen LogP contribution in [0.2, 0.25) is 0 Å². The summed E-state index contributed by atoms with van der Waals surface area (Å²) in [5.74, 6) is 0.258. The molecular weight excluding hydrogens is 188 g/mol. The molecule has 0 heterocycles. The molecule has 0 spiro atoms. The average Bonchev–Trinajstić information content (AvgIpc) is 2.02. The molecule has 0 saturated heterocycles. The van der Waals surface area contributed by atoms with E-state index in [1.807, 2.05) is 13.8 Å². The van der Waals surface area contributed by atoms with Gasteiger partial charge in [-0.15, -0.1) is 23.5 Å². The number of hydrogen-bond donors (Lipinski definition) is 0. The van der Waals surface area contributed by atoms with Crippen molar-refractivity contribution >= 4 is 29.3 Å². The van der Waals surface area contributed by atoms with Crippen molar-refractivity contribution in [1.29, 1.82) is 0 Å². The van der Waals surface area contributed by atoms with Crippen molar-refractivity contribution in [2.45, 2.75) is 31.8 Å². The highest BCUT2D eigenvalue weighted by Crippen LogP contribution is 2.48. The van der Waals surface area contributed by atoms with Crippen LogP contribution in [0, 0.1) is 5.41 Å². The second kappa shape index (κ2) is 4.05. The lowest BCUT2D eigenvalue weighted by Crippen LogP contribution is -2.40. The summed E-state index contributed by atoms with van der Waals surface area (Å²) in [5, 5.41) is 0. The predicted octanol–water partition coefficient (Wildman–Crippen LogP) is 3.04. The van der Waals surface area contributed by atoms with E-state index in [0.29, 0.717) is 0 Å². The fraction of sp³-hybridized carbons (Fsp3) is 0.889. The molecule has 72 valence electrons. The number of ketones is 1. The first-order valence-corrected chi connectivity index (χ1v) is 6.38. The van der Waals surface area contributed by atoms with E-state index in [2.05, 4.69) is 19.4 Å². The minimum atomic E-state index is -0.258. The summed E-state index contributed by atoms with van der Waals surface area (Å²) in [4.78, 5) is 11.4. The van der Waals surface area contributed by atoms with Crippen LogP contribution in [0.1, 0.15) is 27.7 Å². The van der Waals surface area contributed by atoms with Crippen LogP contribution < -0.4 is 0 Å². The molecule has 12 heavy (non-hydrogen) atoms. The van der Waals surface area contributed by atoms with Gasteiger partial charge in [0.2, 0.25) is 0 Å². The fourth-order valence-corrected chi connectivity index (χ4v) is 2.89. The highest BCUT2D eigenvalue weighted by atomic mass is 32.2. The maximum absolute atomic E-state index is 11.4. The Balaban J connectivity index is 4.83. The molecule has 0 bridgehead atoms. The van der Waals surface area contributed by atoms with Crippen molar-refractivity contribution in [3.63, 3.8) is 0 Å². The van der Waals surface area contributed by atoms with Crippen LogP contribution in [0.25, 0.3) is 0 Å². The molecule has 0 saturated carbocycles. The molecule has 0 aromatic rings. The first-order valence-electron chi connectivity index (χ1n) is 3.93. The molecule has 0 atom stereocenters. The summed E-state index contributed by atoms with van der Waals surface area (Å²) in [5.41, 5.74) is -0.258. The number of carbonyl (C=O) groups is 1. The summed E-state index contributed by atoms with van der Waals surface area (Å²) < 4.78 is -0.0150. The van der Waals surface area contributed by atoms with Gasteiger partial charge in [0, 0.05) is 5.41 Å². The summed E-state index contributed by atoms with van der Waals surface area (Å²) in [7, 11) is 0. The highest BCUT2D eigenvalue weighted by Gasteiger charge is 2.43. The van der Waals surface area contributed by atoms with Gasteiger partial charge in [-0.3, -0.25) is 4.79 Å². The van der Waals surface area contributed by atoms with E-state index in [-0.39, 0.29) is 15.3 Å². The van der Waals surface area contributed by atoms with Crippen molar-refractivity contribution in [2.75, 3.05) is 12.5 Å². The van der Waals surface area contributed by atoms with E-state index in [4.69, 9.17) is 0 Å². The minimum Gasteiger partial charge on any atom is -0.299 e. The first kappa shape index (κ1) is 12.4. The molecule has 0 aromatic heterocycles. The van der Waals surface area contributed by atoms with Gasteiger partial charge in [0.1, 0.15) is 5.78 Å². The molecule has 0 aliphatic heterocycles. The fourth-order valence-electron chi connectivity index (χ4n) is 0.913. The largest absolute Gasteiger partial charge is 0.299 e. The van der Waals surface area contributed by atoms with Crippen LogP contribution in [0.3, 0.4) is 0 Å². The van der Waals surface area contributed by atoms with E-state index in [1.165, 1.54) is 0 Å². The number of Topliss-reactive ketones (excluding diaryl/α,β-unsaturated/α-hetero) is 1. The summed E-state index contributed by atoms with van der Waals surface area (Å²) in [6.07, 6.45) is 4.11. The van der Waals surface area contributed by atoms with Gasteiger partial charge in [0.05, 0.1) is 4.08 Å². The quantitative estimate of drug-likeness (QED) is 0.658. The molecule has 0 rings (SSSR count). The van der Waals surface area contributed by atoms with Crippen molar-refractivity contribution in [3.8, 4) is 0 Å². The summed E-state index contributed by atoms with van der Waals surface area (Å²) >= 11 is 3.50. The Morgan fingerprint density at radius 1 is 1.08 bits per heavy atom. The van der Waals surface area contributed by atoms with Crippen LogP contribution in [0.4, 0.5) is 0 Å². The summed E-state index contributed by atoms with van der Waals surface area (Å²) in [6, 6.07) is 0. The third kappa shape index (κ3) is 1.99. The van der Waals surface area contributed by atoms with Crippen molar-refractivity contribution in [2.24, 2.45) is 5.41 Å². The third-order valence-electron chi connectivity index (χ3n) is 2.79. The number of rotatable bonds is 4. The Hall–Kier alpha value is 0.370. The Morgan fingerprint density at radius 3 is 1.50 bits per heavy atom. The molecule has 0 unspecified atom stereocenters. The van der Waals surface area contributed by atoms with Crippen LogP contribution in [0.15, 0.2) is 0 Å². The van der Waals surface area contributed by atoms with Gasteiger partial charge in [-0.2, -0.15) is 0 Å². The monoisotopic (exact) mass is 206 g/mol. The topological polar surface area (TPSA) is 17.1 Å². The van der Waals surface area contributed by atoms with E-state index in [1.54, 1.807) is 30.4 Å². The zero-order valence-corrected chi connectivity index (χ0v) is 10.4. The number of hydrogen-bond acceptors (Lipinski definition) is 3. The smallest absolute Gasteiger partial charge is 0.137 e. The van der Waals surface area contributed by atoms with Gasteiger partial charge in [0.25, 0.3) is 0 Å². The highest BCUT2D eigenvalue weighted by molar-refractivity contribution is 8.17. The molecule has 0 aliphatic rings. The Morgan fingerprint density at radius 2 is 1.42 bits per heavy atom. The Kier molecular flexibility index (Phi) is 4.18. The SMILES string of the molecule is CSC(C)(SC)C(C)(C)C(C)=O. The molecule has 0 radical (unpaired) electrons. The average molecular weight is 206 g/mol. The van der Waals surface area contributed by atoms with Crippen molar-refractivity contribution in [3.05, 3.63) is 0 Å². The van der Waals surface area contributed by atoms with E-state index < -0.39 is 0 Å². The molecule has 0 aromatic carbocycles. The zero-order chi connectivity index (χ0) is 9.99. The lowest BCUT2D eigenvalue weighted by molar-refractivity contribution is -0.125. The van der Waals surface area contributed by atoms with Crippen LogP contribution in [0.5, 0.6) is 0 Å². The summed E-state index contributed by atoms with van der Waals surface area (Å²) in [6.45, 7) is 7.83. The molecule has 0 N–H and O–H groups in total. The molecular formula is C9H18OS2. The van der Waals surface area contributed by atoms with Crippen LogP contribution in [-0.4, -0.2) is 22.4 Å².